The summed E-state index contributed by atoms with van der Waals surface area (Å²) in [5.74, 6) is 0. The van der Waals surface area contributed by atoms with Crippen molar-refractivity contribution in [2.24, 2.45) is 0 Å². The molecule has 0 spiro atoms. The molecule has 0 aromatic heterocycles. The Hall–Kier alpha value is 0.0569. The second kappa shape index (κ2) is 7.35. The number of hydrogen-bond donors (Lipinski definition) is 2. The molecule has 1 unspecified atom stereocenters. The van der Waals surface area contributed by atoms with Crippen LogP contribution in [0.25, 0.3) is 0 Å². The highest BCUT2D eigenvalue weighted by molar-refractivity contribution is 6.68. The van der Waals surface area contributed by atoms with Crippen molar-refractivity contribution in [3.8, 4) is 0 Å². The first-order chi connectivity index (χ1) is 7.02. The van der Waals surface area contributed by atoms with Gasteiger partial charge < -0.3 is 14.1 Å². The molecule has 0 aromatic carbocycles. The molecule has 92 valence electrons. The van der Waals surface area contributed by atoms with E-state index in [0.29, 0.717) is 5.54 Å². The summed E-state index contributed by atoms with van der Waals surface area (Å²) in [6.45, 7) is 6.25. The van der Waals surface area contributed by atoms with Crippen LogP contribution in [0, 0.1) is 0 Å². The van der Waals surface area contributed by atoms with Crippen molar-refractivity contribution in [3.05, 3.63) is 0 Å². The van der Waals surface area contributed by atoms with Crippen LogP contribution in [0.1, 0.15) is 33.6 Å². The Labute approximate surface area is 94.2 Å². The van der Waals surface area contributed by atoms with Crippen LogP contribution < -0.4 is 5.48 Å². The van der Waals surface area contributed by atoms with Crippen LogP contribution in [0.2, 0.25) is 11.6 Å². The molecule has 0 rings (SSSR count). The summed E-state index contributed by atoms with van der Waals surface area (Å²) < 4.78 is 11.2. The van der Waals surface area contributed by atoms with Crippen molar-refractivity contribution in [1.29, 1.82) is 0 Å². The van der Waals surface area contributed by atoms with Gasteiger partial charge in [-0.3, -0.25) is 0 Å². The minimum absolute atomic E-state index is 0.137. The maximum absolute atomic E-state index is 8.69. The summed E-state index contributed by atoms with van der Waals surface area (Å²) >= 11 is 0. The van der Waals surface area contributed by atoms with Gasteiger partial charge in [-0.2, -0.15) is 0 Å². The zero-order valence-electron chi connectivity index (χ0n) is 10.5. The van der Waals surface area contributed by atoms with Gasteiger partial charge in [0, 0.05) is 20.3 Å². The number of hydroxylamine groups is 1. The molecular weight excluding hydrogens is 210 g/mol. The highest BCUT2D eigenvalue weighted by Crippen LogP contribution is 2.28. The van der Waals surface area contributed by atoms with Crippen molar-refractivity contribution < 1.29 is 14.1 Å². The first-order valence-corrected chi connectivity index (χ1v) is 7.62. The van der Waals surface area contributed by atoms with Crippen molar-refractivity contribution >= 4 is 8.56 Å². The van der Waals surface area contributed by atoms with E-state index >= 15 is 0 Å². The highest BCUT2D eigenvalue weighted by Gasteiger charge is 2.38. The molecule has 1 atom stereocenters. The van der Waals surface area contributed by atoms with Gasteiger partial charge in [-0.25, -0.2) is 5.48 Å². The van der Waals surface area contributed by atoms with Gasteiger partial charge in [-0.1, -0.05) is 13.8 Å². The van der Waals surface area contributed by atoms with E-state index in [0.717, 1.165) is 18.9 Å². The second-order valence-electron chi connectivity index (χ2n) is 4.30. The molecule has 0 aliphatic carbocycles. The summed E-state index contributed by atoms with van der Waals surface area (Å²) in [4.78, 5) is 0. The smallest absolute Gasteiger partial charge is 0.340 e. The summed E-state index contributed by atoms with van der Waals surface area (Å²) in [6, 6.07) is 1.11. The molecule has 0 saturated heterocycles. The van der Waals surface area contributed by atoms with Crippen molar-refractivity contribution in [2.45, 2.75) is 51.2 Å². The van der Waals surface area contributed by atoms with E-state index in [1.165, 1.54) is 0 Å². The Morgan fingerprint density at radius 2 is 1.73 bits per heavy atom. The lowest BCUT2D eigenvalue weighted by atomic mass is 10.2. The van der Waals surface area contributed by atoms with Gasteiger partial charge in [0.05, 0.1) is 0 Å². The zero-order valence-corrected chi connectivity index (χ0v) is 11.5. The highest BCUT2D eigenvalue weighted by atomic mass is 28.4. The fraction of sp³-hybridized carbons (Fsp3) is 1.00. The summed E-state index contributed by atoms with van der Waals surface area (Å²) in [5.41, 5.74) is 2.70. The maximum Gasteiger partial charge on any atom is 0.340 e. The van der Waals surface area contributed by atoms with Crippen LogP contribution in [-0.4, -0.2) is 34.0 Å². The molecule has 4 nitrogen and oxygen atoms in total. The monoisotopic (exact) mass is 235 g/mol. The maximum atomic E-state index is 8.69. The molecule has 5 heteroatoms. The average Bonchev–Trinajstić information content (AvgIpc) is 2.24. The quantitative estimate of drug-likeness (QED) is 0.500. The molecule has 0 bridgehead atoms. The predicted octanol–water partition coefficient (Wildman–Crippen LogP) is 2.28. The van der Waals surface area contributed by atoms with Crippen molar-refractivity contribution in [2.75, 3.05) is 14.2 Å². The first-order valence-electron chi connectivity index (χ1n) is 5.52. The lowest BCUT2D eigenvalue weighted by Gasteiger charge is -2.31. The van der Waals surface area contributed by atoms with Gasteiger partial charge in [0.15, 0.2) is 0 Å². The van der Waals surface area contributed by atoms with Crippen LogP contribution in [0.3, 0.4) is 0 Å². The van der Waals surface area contributed by atoms with E-state index in [9.17, 15) is 0 Å². The lowest BCUT2D eigenvalue weighted by molar-refractivity contribution is 0.128. The minimum atomic E-state index is -2.01. The van der Waals surface area contributed by atoms with E-state index in [1.807, 2.05) is 6.92 Å². The predicted molar refractivity (Wildman–Crippen MR) is 63.3 cm³/mol. The molecule has 2 N–H and O–H groups in total. The molecule has 15 heavy (non-hydrogen) atoms. The topological polar surface area (TPSA) is 50.7 Å². The third kappa shape index (κ3) is 4.61. The van der Waals surface area contributed by atoms with Gasteiger partial charge in [0.1, 0.15) is 0 Å². The number of hydrogen-bond acceptors (Lipinski definition) is 4. The van der Waals surface area contributed by atoms with Crippen molar-refractivity contribution in [1.82, 2.24) is 5.48 Å². The van der Waals surface area contributed by atoms with E-state index < -0.39 is 8.56 Å². The van der Waals surface area contributed by atoms with Gasteiger partial charge >= 0.3 is 8.56 Å². The van der Waals surface area contributed by atoms with Crippen LogP contribution in [0.5, 0.6) is 0 Å². The first kappa shape index (κ1) is 15.1. The lowest BCUT2D eigenvalue weighted by Crippen LogP contribution is -2.43. The van der Waals surface area contributed by atoms with E-state index in [2.05, 4.69) is 19.3 Å². The largest absolute Gasteiger partial charge is 0.397 e. The molecule has 0 aliphatic heterocycles. The minimum Gasteiger partial charge on any atom is -0.397 e. The van der Waals surface area contributed by atoms with Crippen LogP contribution >= 0.6 is 0 Å². The SMILES string of the molecule is CO[Si](CCCC(C)NO)(OC)C(C)C. The molecule has 0 aromatic rings. The van der Waals surface area contributed by atoms with Crippen LogP contribution in [0.15, 0.2) is 0 Å². The molecule has 0 saturated carbocycles. The molecule has 0 radical (unpaired) electrons. The Morgan fingerprint density at radius 1 is 1.20 bits per heavy atom. The second-order valence-corrected chi connectivity index (χ2v) is 8.39. The standard InChI is InChI=1S/C10H25NO3Si/c1-9(2)15(13-4,14-5)8-6-7-10(3)11-12/h9-12H,6-8H2,1-5H3. The zero-order chi connectivity index (χ0) is 11.9. The Kier molecular flexibility index (Phi) is 7.38. The molecular formula is C10H25NO3Si. The summed E-state index contributed by atoms with van der Waals surface area (Å²) in [7, 11) is 1.47. The molecule has 0 amide bonds. The van der Waals surface area contributed by atoms with Gasteiger partial charge in [0.25, 0.3) is 0 Å². The van der Waals surface area contributed by atoms with Crippen molar-refractivity contribution in [3.63, 3.8) is 0 Å². The van der Waals surface area contributed by atoms with E-state index in [-0.39, 0.29) is 6.04 Å². The molecule has 0 aliphatic rings. The number of nitrogens with one attached hydrogen (secondary N) is 1. The number of rotatable bonds is 8. The Balaban J connectivity index is 4.07. The molecule has 0 fully saturated rings. The van der Waals surface area contributed by atoms with E-state index in [1.54, 1.807) is 14.2 Å². The Bertz CT molecular complexity index is 163. The average molecular weight is 235 g/mol. The van der Waals surface area contributed by atoms with Gasteiger partial charge in [0.2, 0.25) is 0 Å². The normalized spacial score (nSPS) is 14.6. The Morgan fingerprint density at radius 3 is 2.07 bits per heavy atom. The van der Waals surface area contributed by atoms with Crippen LogP contribution in [-0.2, 0) is 8.85 Å². The third-order valence-corrected chi connectivity index (χ3v) is 7.15. The summed E-state index contributed by atoms with van der Waals surface area (Å²) in [6.07, 6.45) is 1.95. The van der Waals surface area contributed by atoms with Gasteiger partial charge in [-0.05, 0) is 31.4 Å². The van der Waals surface area contributed by atoms with Gasteiger partial charge in [-0.15, -0.1) is 0 Å². The van der Waals surface area contributed by atoms with E-state index in [4.69, 9.17) is 14.1 Å². The van der Waals surface area contributed by atoms with Crippen LogP contribution in [0.4, 0.5) is 0 Å². The fourth-order valence-corrected chi connectivity index (χ4v) is 4.56. The third-order valence-electron chi connectivity index (χ3n) is 2.95. The molecule has 0 heterocycles. The summed E-state index contributed by atoms with van der Waals surface area (Å²) in [5, 5.41) is 8.69. The fourth-order valence-electron chi connectivity index (χ4n) is 1.77.